The van der Waals surface area contributed by atoms with E-state index in [2.05, 4.69) is 24.5 Å². The highest BCUT2D eigenvalue weighted by atomic mass is 16.1. The molecular weight excluding hydrogens is 248 g/mol. The molecule has 1 amide bonds. The normalized spacial score (nSPS) is 20.9. The molecule has 20 heavy (non-hydrogen) atoms. The minimum Gasteiger partial charge on any atom is -0.382 e. The van der Waals surface area contributed by atoms with Gasteiger partial charge in [-0.3, -0.25) is 4.79 Å². The summed E-state index contributed by atoms with van der Waals surface area (Å²) < 4.78 is 0. The Hall–Kier alpha value is -1.51. The zero-order chi connectivity index (χ0) is 14.8. The van der Waals surface area contributed by atoms with E-state index in [-0.39, 0.29) is 11.9 Å². The summed E-state index contributed by atoms with van der Waals surface area (Å²) in [5, 5.41) is 6.47. The summed E-state index contributed by atoms with van der Waals surface area (Å²) in [6, 6.07) is 8.50. The topological polar surface area (TPSA) is 41.1 Å². The van der Waals surface area contributed by atoms with Gasteiger partial charge in [0.05, 0.1) is 0 Å². The van der Waals surface area contributed by atoms with E-state index >= 15 is 0 Å². The summed E-state index contributed by atoms with van der Waals surface area (Å²) in [4.78, 5) is 11.9. The lowest BCUT2D eigenvalue weighted by molar-refractivity contribution is 0.0943. The lowest BCUT2D eigenvalue weighted by Crippen LogP contribution is -2.30. The van der Waals surface area contributed by atoms with Crippen molar-refractivity contribution in [2.45, 2.75) is 59.0 Å². The van der Waals surface area contributed by atoms with Gasteiger partial charge in [-0.1, -0.05) is 13.8 Å². The van der Waals surface area contributed by atoms with Crippen LogP contribution in [0.2, 0.25) is 0 Å². The summed E-state index contributed by atoms with van der Waals surface area (Å²) in [5.74, 6) is -0.00597. The molecule has 0 radical (unpaired) electrons. The number of rotatable bonds is 4. The van der Waals surface area contributed by atoms with Gasteiger partial charge in [0.2, 0.25) is 0 Å². The van der Waals surface area contributed by atoms with Crippen molar-refractivity contribution in [2.75, 3.05) is 5.32 Å². The van der Waals surface area contributed by atoms with E-state index in [9.17, 15) is 4.79 Å². The van der Waals surface area contributed by atoms with Gasteiger partial charge >= 0.3 is 0 Å². The molecule has 1 aliphatic rings. The van der Waals surface area contributed by atoms with Crippen LogP contribution in [-0.2, 0) is 0 Å². The predicted molar refractivity (Wildman–Crippen MR) is 84.1 cm³/mol. The number of carbonyl (C=O) groups is 1. The second-order valence-electron chi connectivity index (χ2n) is 6.95. The van der Waals surface area contributed by atoms with Crippen molar-refractivity contribution in [1.29, 1.82) is 0 Å². The predicted octanol–water partition coefficient (Wildman–Crippen LogP) is 3.82. The van der Waals surface area contributed by atoms with Gasteiger partial charge in [0, 0.05) is 23.3 Å². The minimum atomic E-state index is -0.00597. The maximum Gasteiger partial charge on any atom is 0.251 e. The van der Waals surface area contributed by atoms with Crippen LogP contribution in [0.1, 0.15) is 57.3 Å². The highest BCUT2D eigenvalue weighted by Gasteiger charge is 2.30. The molecule has 0 aliphatic heterocycles. The second kappa shape index (κ2) is 5.86. The average Bonchev–Trinajstić information content (AvgIpc) is 2.68. The van der Waals surface area contributed by atoms with Gasteiger partial charge in [0.15, 0.2) is 0 Å². The first-order valence-electron chi connectivity index (χ1n) is 7.53. The van der Waals surface area contributed by atoms with E-state index in [1.165, 1.54) is 19.3 Å². The van der Waals surface area contributed by atoms with Gasteiger partial charge in [-0.25, -0.2) is 0 Å². The van der Waals surface area contributed by atoms with Crippen LogP contribution < -0.4 is 10.6 Å². The van der Waals surface area contributed by atoms with Gasteiger partial charge in [-0.05, 0) is 62.8 Å². The zero-order valence-electron chi connectivity index (χ0n) is 13.0. The number of amides is 1. The lowest BCUT2D eigenvalue weighted by Gasteiger charge is -2.18. The summed E-state index contributed by atoms with van der Waals surface area (Å²) >= 11 is 0. The molecule has 3 heteroatoms. The van der Waals surface area contributed by atoms with Crippen molar-refractivity contribution in [3.63, 3.8) is 0 Å². The Morgan fingerprint density at radius 3 is 2.40 bits per heavy atom. The van der Waals surface area contributed by atoms with E-state index in [0.29, 0.717) is 11.5 Å². The standard InChI is InChI=1S/C17H26N2O/c1-12(2)18-16(20)13-5-7-14(8-6-13)19-15-9-10-17(3,4)11-15/h5-8,12,15,19H,9-11H2,1-4H3,(H,18,20). The monoisotopic (exact) mass is 274 g/mol. The van der Waals surface area contributed by atoms with E-state index in [1.54, 1.807) is 0 Å². The summed E-state index contributed by atoms with van der Waals surface area (Å²) in [6.45, 7) is 8.59. The molecule has 2 rings (SSSR count). The summed E-state index contributed by atoms with van der Waals surface area (Å²) in [6.07, 6.45) is 3.71. The lowest BCUT2D eigenvalue weighted by atomic mass is 9.92. The van der Waals surface area contributed by atoms with Crippen LogP contribution in [0.4, 0.5) is 5.69 Å². The van der Waals surface area contributed by atoms with E-state index < -0.39 is 0 Å². The third-order valence-corrected chi connectivity index (χ3v) is 3.91. The fourth-order valence-corrected chi connectivity index (χ4v) is 2.86. The van der Waals surface area contributed by atoms with Gasteiger partial charge < -0.3 is 10.6 Å². The zero-order valence-corrected chi connectivity index (χ0v) is 13.0. The van der Waals surface area contributed by atoms with Crippen molar-refractivity contribution in [2.24, 2.45) is 5.41 Å². The van der Waals surface area contributed by atoms with Gasteiger partial charge in [0.1, 0.15) is 0 Å². The number of benzene rings is 1. The third kappa shape index (κ3) is 3.99. The van der Waals surface area contributed by atoms with Crippen molar-refractivity contribution in [3.05, 3.63) is 29.8 Å². The number of carbonyl (C=O) groups excluding carboxylic acids is 1. The van der Waals surface area contributed by atoms with Crippen LogP contribution in [0.25, 0.3) is 0 Å². The van der Waals surface area contributed by atoms with Gasteiger partial charge in [-0.15, -0.1) is 0 Å². The van der Waals surface area contributed by atoms with E-state index in [4.69, 9.17) is 0 Å². The first kappa shape index (κ1) is 14.9. The second-order valence-corrected chi connectivity index (χ2v) is 6.95. The maximum absolute atomic E-state index is 11.9. The maximum atomic E-state index is 11.9. The van der Waals surface area contributed by atoms with Crippen LogP contribution in [0.15, 0.2) is 24.3 Å². The average molecular weight is 274 g/mol. The quantitative estimate of drug-likeness (QED) is 0.876. The first-order valence-corrected chi connectivity index (χ1v) is 7.53. The highest BCUT2D eigenvalue weighted by molar-refractivity contribution is 5.94. The number of hydrogen-bond acceptors (Lipinski definition) is 2. The van der Waals surface area contributed by atoms with Crippen LogP contribution >= 0.6 is 0 Å². The van der Waals surface area contributed by atoms with E-state index in [0.717, 1.165) is 11.3 Å². The molecule has 1 aliphatic carbocycles. The Morgan fingerprint density at radius 1 is 1.25 bits per heavy atom. The molecular formula is C17H26N2O. The highest BCUT2D eigenvalue weighted by Crippen LogP contribution is 2.38. The first-order chi connectivity index (χ1) is 9.35. The summed E-state index contributed by atoms with van der Waals surface area (Å²) in [5.41, 5.74) is 2.28. The molecule has 1 aromatic rings. The molecule has 0 bridgehead atoms. The minimum absolute atomic E-state index is 0.00597. The number of anilines is 1. The number of nitrogens with one attached hydrogen (secondary N) is 2. The number of hydrogen-bond donors (Lipinski definition) is 2. The molecule has 0 aromatic heterocycles. The smallest absolute Gasteiger partial charge is 0.251 e. The molecule has 110 valence electrons. The molecule has 1 fully saturated rings. The molecule has 0 heterocycles. The fraction of sp³-hybridized carbons (Fsp3) is 0.588. The van der Waals surface area contributed by atoms with Crippen LogP contribution in [0.5, 0.6) is 0 Å². The molecule has 1 aromatic carbocycles. The van der Waals surface area contributed by atoms with E-state index in [1.807, 2.05) is 38.1 Å². The molecule has 3 nitrogen and oxygen atoms in total. The molecule has 1 saturated carbocycles. The van der Waals surface area contributed by atoms with Crippen LogP contribution in [0.3, 0.4) is 0 Å². The SMILES string of the molecule is CC(C)NC(=O)c1ccc(NC2CCC(C)(C)C2)cc1. The molecule has 1 atom stereocenters. The summed E-state index contributed by atoms with van der Waals surface area (Å²) in [7, 11) is 0. The Balaban J connectivity index is 1.93. The molecule has 0 spiro atoms. The Morgan fingerprint density at radius 2 is 1.90 bits per heavy atom. The largest absolute Gasteiger partial charge is 0.382 e. The van der Waals surface area contributed by atoms with Gasteiger partial charge in [0.25, 0.3) is 5.91 Å². The van der Waals surface area contributed by atoms with Crippen molar-refractivity contribution in [1.82, 2.24) is 5.32 Å². The molecule has 1 unspecified atom stereocenters. The Labute approximate surface area is 122 Å². The van der Waals surface area contributed by atoms with Crippen molar-refractivity contribution >= 4 is 11.6 Å². The van der Waals surface area contributed by atoms with Crippen molar-refractivity contribution in [3.8, 4) is 0 Å². The Kier molecular flexibility index (Phi) is 4.36. The van der Waals surface area contributed by atoms with Crippen molar-refractivity contribution < 1.29 is 4.79 Å². The van der Waals surface area contributed by atoms with Crippen LogP contribution in [0, 0.1) is 5.41 Å². The Bertz CT molecular complexity index is 462. The van der Waals surface area contributed by atoms with Crippen LogP contribution in [-0.4, -0.2) is 18.0 Å². The fourth-order valence-electron chi connectivity index (χ4n) is 2.86. The third-order valence-electron chi connectivity index (χ3n) is 3.91. The molecule has 0 saturated heterocycles. The van der Waals surface area contributed by atoms with Gasteiger partial charge in [-0.2, -0.15) is 0 Å². The molecule has 2 N–H and O–H groups in total.